The van der Waals surface area contributed by atoms with Crippen LogP contribution in [-0.2, 0) is 11.2 Å². The first-order valence-corrected chi connectivity index (χ1v) is 5.45. The van der Waals surface area contributed by atoms with Gasteiger partial charge in [-0.25, -0.2) is 4.39 Å². The first-order valence-electron chi connectivity index (χ1n) is 4.28. The molecule has 0 fully saturated rings. The zero-order chi connectivity index (χ0) is 11.6. The van der Waals surface area contributed by atoms with Crippen molar-refractivity contribution in [3.05, 3.63) is 33.0 Å². The molecule has 2 nitrogen and oxygen atoms in total. The second kappa shape index (κ2) is 4.94. The van der Waals surface area contributed by atoms with Gasteiger partial charge in [-0.15, -0.1) is 0 Å². The van der Waals surface area contributed by atoms with Crippen LogP contribution in [0.1, 0.15) is 12.5 Å². The molecule has 0 spiro atoms. The summed E-state index contributed by atoms with van der Waals surface area (Å²) >= 11 is 9.03. The third-order valence-corrected chi connectivity index (χ3v) is 3.39. The van der Waals surface area contributed by atoms with Crippen LogP contribution in [0.5, 0.6) is 0 Å². The SMILES string of the molecule is CC(Cc1c(F)ccc(Br)c1Cl)C(=O)O. The maximum absolute atomic E-state index is 13.4. The predicted molar refractivity (Wildman–Crippen MR) is 59.6 cm³/mol. The van der Waals surface area contributed by atoms with Gasteiger partial charge in [0.25, 0.3) is 0 Å². The number of carbonyl (C=O) groups is 1. The molecule has 0 aliphatic rings. The van der Waals surface area contributed by atoms with Crippen LogP contribution in [0.2, 0.25) is 5.02 Å². The first-order chi connectivity index (χ1) is 6.93. The molecule has 0 heterocycles. The second-order valence-corrected chi connectivity index (χ2v) is 4.50. The van der Waals surface area contributed by atoms with Gasteiger partial charge in [-0.2, -0.15) is 0 Å². The molecule has 15 heavy (non-hydrogen) atoms. The van der Waals surface area contributed by atoms with Crippen LogP contribution in [0.4, 0.5) is 4.39 Å². The number of hydrogen-bond donors (Lipinski definition) is 1. The van der Waals surface area contributed by atoms with Gasteiger partial charge >= 0.3 is 5.97 Å². The van der Waals surface area contributed by atoms with E-state index in [4.69, 9.17) is 16.7 Å². The van der Waals surface area contributed by atoms with E-state index in [1.807, 2.05) is 0 Å². The average Bonchev–Trinajstić information content (AvgIpc) is 2.18. The van der Waals surface area contributed by atoms with E-state index < -0.39 is 17.7 Å². The lowest BCUT2D eigenvalue weighted by molar-refractivity contribution is -0.141. The number of carboxylic acids is 1. The normalized spacial score (nSPS) is 12.5. The summed E-state index contributed by atoms with van der Waals surface area (Å²) in [4.78, 5) is 10.6. The summed E-state index contributed by atoms with van der Waals surface area (Å²) in [5.41, 5.74) is 0.237. The third-order valence-electron chi connectivity index (χ3n) is 2.07. The largest absolute Gasteiger partial charge is 0.481 e. The van der Waals surface area contributed by atoms with Crippen molar-refractivity contribution in [3.8, 4) is 0 Å². The Morgan fingerprint density at radius 3 is 2.80 bits per heavy atom. The molecule has 0 bridgehead atoms. The number of benzene rings is 1. The first kappa shape index (κ1) is 12.5. The Bertz CT molecular complexity index is 395. The summed E-state index contributed by atoms with van der Waals surface area (Å²) in [5.74, 6) is -2.10. The fourth-order valence-corrected chi connectivity index (χ4v) is 1.75. The van der Waals surface area contributed by atoms with Gasteiger partial charge in [-0.3, -0.25) is 4.79 Å². The van der Waals surface area contributed by atoms with E-state index in [0.29, 0.717) is 4.47 Å². The molecule has 0 saturated heterocycles. The molecule has 0 radical (unpaired) electrons. The van der Waals surface area contributed by atoms with Gasteiger partial charge in [0.1, 0.15) is 5.82 Å². The van der Waals surface area contributed by atoms with Crippen molar-refractivity contribution in [2.45, 2.75) is 13.3 Å². The van der Waals surface area contributed by atoms with E-state index in [-0.39, 0.29) is 17.0 Å². The van der Waals surface area contributed by atoms with Gasteiger partial charge in [0, 0.05) is 10.0 Å². The summed E-state index contributed by atoms with van der Waals surface area (Å²) < 4.78 is 13.9. The number of halogens is 3. The fraction of sp³-hybridized carbons (Fsp3) is 0.300. The zero-order valence-electron chi connectivity index (χ0n) is 7.93. The smallest absolute Gasteiger partial charge is 0.306 e. The molecule has 1 N–H and O–H groups in total. The van der Waals surface area contributed by atoms with E-state index in [0.717, 1.165) is 0 Å². The predicted octanol–water partition coefficient (Wildman–Crippen LogP) is 3.50. The van der Waals surface area contributed by atoms with Crippen LogP contribution in [0, 0.1) is 11.7 Å². The van der Waals surface area contributed by atoms with Gasteiger partial charge < -0.3 is 5.11 Å². The lowest BCUT2D eigenvalue weighted by Gasteiger charge is -2.10. The minimum absolute atomic E-state index is 0.0828. The van der Waals surface area contributed by atoms with Crippen LogP contribution >= 0.6 is 27.5 Å². The minimum Gasteiger partial charge on any atom is -0.481 e. The molecule has 0 aliphatic carbocycles. The summed E-state index contributed by atoms with van der Waals surface area (Å²) in [7, 11) is 0. The fourth-order valence-electron chi connectivity index (χ4n) is 1.15. The standard InChI is InChI=1S/C10H9BrClFO2/c1-5(10(14)15)4-6-8(13)3-2-7(11)9(6)12/h2-3,5H,4H2,1H3,(H,14,15). The zero-order valence-corrected chi connectivity index (χ0v) is 10.3. The Morgan fingerprint density at radius 2 is 2.27 bits per heavy atom. The van der Waals surface area contributed by atoms with Crippen LogP contribution in [0.3, 0.4) is 0 Å². The number of rotatable bonds is 3. The minimum atomic E-state index is -0.967. The Balaban J connectivity index is 3.03. The van der Waals surface area contributed by atoms with Gasteiger partial charge in [-0.1, -0.05) is 18.5 Å². The molecule has 1 rings (SSSR count). The lowest BCUT2D eigenvalue weighted by Crippen LogP contribution is -2.13. The molecule has 82 valence electrons. The van der Waals surface area contributed by atoms with Crippen molar-refractivity contribution in [3.63, 3.8) is 0 Å². The molecular formula is C10H9BrClFO2. The molecule has 0 amide bonds. The van der Waals surface area contributed by atoms with Crippen molar-refractivity contribution < 1.29 is 14.3 Å². The van der Waals surface area contributed by atoms with E-state index in [1.54, 1.807) is 0 Å². The molecule has 0 aromatic heterocycles. The van der Waals surface area contributed by atoms with Crippen molar-refractivity contribution in [2.75, 3.05) is 0 Å². The summed E-state index contributed by atoms with van der Waals surface area (Å²) in [6.45, 7) is 1.51. The second-order valence-electron chi connectivity index (χ2n) is 3.27. The van der Waals surface area contributed by atoms with Gasteiger partial charge in [-0.05, 0) is 34.5 Å². The topological polar surface area (TPSA) is 37.3 Å². The van der Waals surface area contributed by atoms with E-state index in [9.17, 15) is 9.18 Å². The highest BCUT2D eigenvalue weighted by Gasteiger charge is 2.17. The van der Waals surface area contributed by atoms with E-state index >= 15 is 0 Å². The maximum Gasteiger partial charge on any atom is 0.306 e. The number of hydrogen-bond acceptors (Lipinski definition) is 1. The lowest BCUT2D eigenvalue weighted by atomic mass is 10.0. The highest BCUT2D eigenvalue weighted by molar-refractivity contribution is 9.10. The highest BCUT2D eigenvalue weighted by Crippen LogP contribution is 2.30. The Labute approximate surface area is 100 Å². The Kier molecular flexibility index (Phi) is 4.11. The number of carboxylic acid groups (broad SMARTS) is 1. The number of aliphatic carboxylic acids is 1. The summed E-state index contributed by atoms with van der Waals surface area (Å²) in [5, 5.41) is 8.96. The Hall–Kier alpha value is -0.610. The van der Waals surface area contributed by atoms with Crippen LogP contribution in [-0.4, -0.2) is 11.1 Å². The van der Waals surface area contributed by atoms with Crippen LogP contribution in [0.15, 0.2) is 16.6 Å². The van der Waals surface area contributed by atoms with Gasteiger partial charge in [0.05, 0.1) is 10.9 Å². The van der Waals surface area contributed by atoms with Crippen molar-refractivity contribution in [1.29, 1.82) is 0 Å². The van der Waals surface area contributed by atoms with Crippen molar-refractivity contribution in [1.82, 2.24) is 0 Å². The summed E-state index contributed by atoms with van der Waals surface area (Å²) in [6.07, 6.45) is 0.0828. The Morgan fingerprint density at radius 1 is 1.67 bits per heavy atom. The van der Waals surface area contributed by atoms with E-state index in [2.05, 4.69) is 15.9 Å². The average molecular weight is 296 g/mol. The molecule has 1 unspecified atom stereocenters. The quantitative estimate of drug-likeness (QED) is 0.867. The summed E-state index contributed by atoms with van der Waals surface area (Å²) in [6, 6.07) is 2.76. The molecule has 1 aromatic carbocycles. The molecule has 0 aliphatic heterocycles. The van der Waals surface area contributed by atoms with Gasteiger partial charge in [0.2, 0.25) is 0 Å². The molecule has 1 aromatic rings. The third kappa shape index (κ3) is 2.92. The highest BCUT2D eigenvalue weighted by atomic mass is 79.9. The van der Waals surface area contributed by atoms with Gasteiger partial charge in [0.15, 0.2) is 0 Å². The van der Waals surface area contributed by atoms with Crippen LogP contribution in [0.25, 0.3) is 0 Å². The maximum atomic E-state index is 13.4. The molecular weight excluding hydrogens is 286 g/mol. The molecule has 1 atom stereocenters. The molecule has 5 heteroatoms. The monoisotopic (exact) mass is 294 g/mol. The van der Waals surface area contributed by atoms with Crippen molar-refractivity contribution >= 4 is 33.5 Å². The molecule has 0 saturated carbocycles. The van der Waals surface area contributed by atoms with E-state index in [1.165, 1.54) is 19.1 Å². The van der Waals surface area contributed by atoms with Crippen molar-refractivity contribution in [2.24, 2.45) is 5.92 Å². The van der Waals surface area contributed by atoms with Crippen LogP contribution < -0.4 is 0 Å².